The van der Waals surface area contributed by atoms with E-state index in [0.717, 1.165) is 11.1 Å². The summed E-state index contributed by atoms with van der Waals surface area (Å²) >= 11 is 0. The first-order valence-corrected chi connectivity index (χ1v) is 8.31. The van der Waals surface area contributed by atoms with Crippen molar-refractivity contribution in [1.29, 1.82) is 0 Å². The minimum Gasteiger partial charge on any atom is -0.486 e. The highest BCUT2D eigenvalue weighted by Gasteiger charge is 2.14. The molecule has 0 spiro atoms. The van der Waals surface area contributed by atoms with Gasteiger partial charge < -0.3 is 19.2 Å². The standard InChI is InChI=1S/C19H17N3O4/c23-17(11-13-6-7-15-16(10-13)25-9-8-24-15)20-12-18-21-22-19(26-18)14-4-2-1-3-5-14/h1-7,10H,8-9,11-12H2,(H,20,23). The van der Waals surface area contributed by atoms with Crippen LogP contribution in [-0.4, -0.2) is 29.3 Å². The zero-order valence-corrected chi connectivity index (χ0v) is 14.0. The van der Waals surface area contributed by atoms with Crippen molar-refractivity contribution in [1.82, 2.24) is 15.5 Å². The number of carbonyl (C=O) groups is 1. The summed E-state index contributed by atoms with van der Waals surface area (Å²) in [6.07, 6.45) is 0.232. The number of fused-ring (bicyclic) bond motifs is 1. The first-order chi connectivity index (χ1) is 12.8. The Labute approximate surface area is 150 Å². The number of benzene rings is 2. The quantitative estimate of drug-likeness (QED) is 0.759. The number of amides is 1. The topological polar surface area (TPSA) is 86.5 Å². The van der Waals surface area contributed by atoms with Crippen molar-refractivity contribution in [3.8, 4) is 23.0 Å². The van der Waals surface area contributed by atoms with Gasteiger partial charge in [-0.25, -0.2) is 0 Å². The van der Waals surface area contributed by atoms with Crippen LogP contribution in [0.2, 0.25) is 0 Å². The van der Waals surface area contributed by atoms with Crippen LogP contribution in [0.4, 0.5) is 0 Å². The van der Waals surface area contributed by atoms with E-state index in [1.807, 2.05) is 48.5 Å². The fraction of sp³-hybridized carbons (Fsp3) is 0.211. The Bertz CT molecular complexity index is 908. The van der Waals surface area contributed by atoms with E-state index in [1.165, 1.54) is 0 Å². The third-order valence-corrected chi connectivity index (χ3v) is 3.90. The minimum atomic E-state index is -0.138. The molecule has 0 unspecified atom stereocenters. The summed E-state index contributed by atoms with van der Waals surface area (Å²) in [6, 6.07) is 15.0. The van der Waals surface area contributed by atoms with Gasteiger partial charge in [0.2, 0.25) is 17.7 Å². The molecule has 2 aromatic carbocycles. The predicted octanol–water partition coefficient (Wildman–Crippen LogP) is 2.37. The van der Waals surface area contributed by atoms with Gasteiger partial charge in [-0.15, -0.1) is 10.2 Å². The lowest BCUT2D eigenvalue weighted by molar-refractivity contribution is -0.120. The molecule has 1 aliphatic rings. The van der Waals surface area contributed by atoms with Gasteiger partial charge in [-0.1, -0.05) is 24.3 Å². The Kier molecular flexibility index (Phi) is 4.51. The normalized spacial score (nSPS) is 12.6. The van der Waals surface area contributed by atoms with E-state index in [0.29, 0.717) is 36.5 Å². The molecule has 0 saturated heterocycles. The Hall–Kier alpha value is -3.35. The van der Waals surface area contributed by atoms with Crippen LogP contribution in [0.1, 0.15) is 11.5 Å². The maximum absolute atomic E-state index is 12.2. The van der Waals surface area contributed by atoms with E-state index in [-0.39, 0.29) is 18.9 Å². The van der Waals surface area contributed by atoms with Crippen LogP contribution in [-0.2, 0) is 17.8 Å². The molecule has 4 rings (SSSR count). The number of nitrogens with one attached hydrogen (secondary N) is 1. The average molecular weight is 351 g/mol. The van der Waals surface area contributed by atoms with Crippen molar-refractivity contribution in [2.45, 2.75) is 13.0 Å². The van der Waals surface area contributed by atoms with E-state index in [1.54, 1.807) is 0 Å². The molecular weight excluding hydrogens is 334 g/mol. The van der Waals surface area contributed by atoms with Gasteiger partial charge in [-0.2, -0.15) is 0 Å². The highest BCUT2D eigenvalue weighted by Crippen LogP contribution is 2.30. The van der Waals surface area contributed by atoms with Gasteiger partial charge >= 0.3 is 0 Å². The van der Waals surface area contributed by atoms with E-state index in [9.17, 15) is 4.79 Å². The van der Waals surface area contributed by atoms with Crippen molar-refractivity contribution in [2.75, 3.05) is 13.2 Å². The molecule has 0 saturated carbocycles. The molecule has 1 aromatic heterocycles. The molecule has 1 aliphatic heterocycles. The Morgan fingerprint density at radius 3 is 2.65 bits per heavy atom. The molecule has 7 heteroatoms. The van der Waals surface area contributed by atoms with Crippen LogP contribution >= 0.6 is 0 Å². The van der Waals surface area contributed by atoms with Gasteiger partial charge in [0.15, 0.2) is 11.5 Å². The molecule has 0 atom stereocenters. The maximum atomic E-state index is 12.2. The molecule has 0 bridgehead atoms. The monoisotopic (exact) mass is 351 g/mol. The van der Waals surface area contributed by atoms with E-state index >= 15 is 0 Å². The van der Waals surface area contributed by atoms with Gasteiger partial charge in [0.05, 0.1) is 13.0 Å². The minimum absolute atomic E-state index is 0.138. The molecule has 2 heterocycles. The fourth-order valence-electron chi connectivity index (χ4n) is 2.64. The molecule has 0 radical (unpaired) electrons. The second kappa shape index (κ2) is 7.26. The fourth-order valence-corrected chi connectivity index (χ4v) is 2.64. The van der Waals surface area contributed by atoms with Crippen LogP contribution in [0.3, 0.4) is 0 Å². The first kappa shape index (κ1) is 16.1. The van der Waals surface area contributed by atoms with Gasteiger partial charge in [0.1, 0.15) is 13.2 Å². The highest BCUT2D eigenvalue weighted by atomic mass is 16.6. The molecule has 1 N–H and O–H groups in total. The maximum Gasteiger partial charge on any atom is 0.247 e. The smallest absolute Gasteiger partial charge is 0.247 e. The number of aromatic nitrogens is 2. The molecule has 3 aromatic rings. The van der Waals surface area contributed by atoms with Crippen molar-refractivity contribution in [3.63, 3.8) is 0 Å². The number of hydrogen-bond acceptors (Lipinski definition) is 6. The summed E-state index contributed by atoms with van der Waals surface area (Å²) in [7, 11) is 0. The van der Waals surface area contributed by atoms with Gasteiger partial charge in [-0.05, 0) is 29.8 Å². The summed E-state index contributed by atoms with van der Waals surface area (Å²) in [5.41, 5.74) is 1.69. The Balaban J connectivity index is 1.34. The van der Waals surface area contributed by atoms with Crippen LogP contribution in [0.5, 0.6) is 11.5 Å². The van der Waals surface area contributed by atoms with Crippen molar-refractivity contribution >= 4 is 5.91 Å². The highest BCUT2D eigenvalue weighted by molar-refractivity contribution is 5.78. The summed E-state index contributed by atoms with van der Waals surface area (Å²) in [5.74, 6) is 2.04. The number of nitrogens with zero attached hydrogens (tertiary/aromatic N) is 2. The summed E-state index contributed by atoms with van der Waals surface area (Å²) < 4.78 is 16.6. The lowest BCUT2D eigenvalue weighted by Crippen LogP contribution is -2.24. The largest absolute Gasteiger partial charge is 0.486 e. The van der Waals surface area contributed by atoms with Gasteiger partial charge in [0.25, 0.3) is 0 Å². The lowest BCUT2D eigenvalue weighted by Gasteiger charge is -2.18. The van der Waals surface area contributed by atoms with Gasteiger partial charge in [0, 0.05) is 5.56 Å². The predicted molar refractivity (Wildman–Crippen MR) is 92.7 cm³/mol. The number of ether oxygens (including phenoxy) is 2. The summed E-state index contributed by atoms with van der Waals surface area (Å²) in [5, 5.41) is 10.7. The van der Waals surface area contributed by atoms with Crippen molar-refractivity contribution < 1.29 is 18.7 Å². The third-order valence-electron chi connectivity index (χ3n) is 3.90. The second-order valence-electron chi connectivity index (χ2n) is 5.80. The van der Waals surface area contributed by atoms with Crippen LogP contribution in [0, 0.1) is 0 Å². The molecule has 1 amide bonds. The number of rotatable bonds is 5. The third kappa shape index (κ3) is 3.66. The van der Waals surface area contributed by atoms with Gasteiger partial charge in [-0.3, -0.25) is 4.79 Å². The van der Waals surface area contributed by atoms with E-state index in [2.05, 4.69) is 15.5 Å². The molecule has 132 valence electrons. The Morgan fingerprint density at radius 1 is 1.00 bits per heavy atom. The second-order valence-corrected chi connectivity index (χ2v) is 5.80. The molecular formula is C19H17N3O4. The number of carbonyl (C=O) groups excluding carboxylic acids is 1. The Morgan fingerprint density at radius 2 is 1.81 bits per heavy atom. The molecule has 26 heavy (non-hydrogen) atoms. The SMILES string of the molecule is O=C(Cc1ccc2c(c1)OCCO2)NCc1nnc(-c2ccccc2)o1. The zero-order chi connectivity index (χ0) is 17.8. The van der Waals surface area contributed by atoms with Crippen LogP contribution in [0.15, 0.2) is 52.9 Å². The van der Waals surface area contributed by atoms with Crippen LogP contribution in [0.25, 0.3) is 11.5 Å². The average Bonchev–Trinajstić information content (AvgIpc) is 3.16. The van der Waals surface area contributed by atoms with Crippen molar-refractivity contribution in [3.05, 3.63) is 60.0 Å². The zero-order valence-electron chi connectivity index (χ0n) is 14.0. The summed E-state index contributed by atoms with van der Waals surface area (Å²) in [6.45, 7) is 1.24. The van der Waals surface area contributed by atoms with E-state index < -0.39 is 0 Å². The molecule has 0 fully saturated rings. The van der Waals surface area contributed by atoms with E-state index in [4.69, 9.17) is 13.9 Å². The van der Waals surface area contributed by atoms with Crippen LogP contribution < -0.4 is 14.8 Å². The number of hydrogen-bond donors (Lipinski definition) is 1. The first-order valence-electron chi connectivity index (χ1n) is 8.31. The summed E-state index contributed by atoms with van der Waals surface area (Å²) in [4.78, 5) is 12.2. The van der Waals surface area contributed by atoms with Crippen molar-refractivity contribution in [2.24, 2.45) is 0 Å². The molecule has 7 nitrogen and oxygen atoms in total. The lowest BCUT2D eigenvalue weighted by atomic mass is 10.1. The molecule has 0 aliphatic carbocycles.